The number of carbonyl (C=O) groups excluding carboxylic acids is 1. The van der Waals surface area contributed by atoms with Crippen LogP contribution in [-0.2, 0) is 4.74 Å². The Hall–Kier alpha value is -0.810. The molecule has 0 aromatic carbocycles. The van der Waals surface area contributed by atoms with Gasteiger partial charge in [-0.15, -0.1) is 0 Å². The van der Waals surface area contributed by atoms with E-state index in [0.717, 1.165) is 19.3 Å². The zero-order valence-corrected chi connectivity index (χ0v) is 12.0. The molecule has 0 aromatic heterocycles. The fourth-order valence-corrected chi connectivity index (χ4v) is 1.97. The number of alkyl carbamates (subject to hydrolysis) is 1. The van der Waals surface area contributed by atoms with E-state index < -0.39 is 5.60 Å². The Morgan fingerprint density at radius 2 is 2.06 bits per heavy atom. The van der Waals surface area contributed by atoms with Gasteiger partial charge in [0.05, 0.1) is 0 Å². The molecule has 1 saturated carbocycles. The molecule has 1 atom stereocenters. The van der Waals surface area contributed by atoms with E-state index in [9.17, 15) is 4.79 Å². The topological polar surface area (TPSA) is 76.4 Å². The molecule has 1 amide bonds. The van der Waals surface area contributed by atoms with E-state index in [1.807, 2.05) is 20.8 Å². The largest absolute Gasteiger partial charge is 0.444 e. The monoisotopic (exact) mass is 257 g/mol. The van der Waals surface area contributed by atoms with Crippen molar-refractivity contribution in [2.45, 2.75) is 70.7 Å². The molecule has 0 saturated heterocycles. The Balaban J connectivity index is 2.20. The maximum atomic E-state index is 11.5. The highest BCUT2D eigenvalue weighted by molar-refractivity contribution is 5.67. The summed E-state index contributed by atoms with van der Waals surface area (Å²) < 4.78 is 5.20. The van der Waals surface area contributed by atoms with Gasteiger partial charge in [0.1, 0.15) is 5.60 Å². The maximum Gasteiger partial charge on any atom is 0.407 e. The summed E-state index contributed by atoms with van der Waals surface area (Å²) in [6.45, 7) is 8.28. The van der Waals surface area contributed by atoms with Crippen LogP contribution in [0.1, 0.15) is 47.0 Å². The van der Waals surface area contributed by atoms with Crippen LogP contribution in [-0.4, -0.2) is 36.4 Å². The summed E-state index contributed by atoms with van der Waals surface area (Å²) in [6, 6.07) is 1.14. The van der Waals surface area contributed by atoms with Crippen LogP contribution in [0, 0.1) is 0 Å². The summed E-state index contributed by atoms with van der Waals surface area (Å²) in [7, 11) is 0. The Kier molecular flexibility index (Phi) is 5.41. The minimum absolute atomic E-state index is 0.287. The first kappa shape index (κ1) is 15.2. The van der Waals surface area contributed by atoms with Gasteiger partial charge in [-0.05, 0) is 40.0 Å². The predicted octanol–water partition coefficient (Wildman–Crippen LogP) is 1.37. The van der Waals surface area contributed by atoms with Gasteiger partial charge in [0.15, 0.2) is 0 Å². The Labute approximate surface area is 110 Å². The molecule has 5 nitrogen and oxygen atoms in total. The van der Waals surface area contributed by atoms with Crippen LogP contribution >= 0.6 is 0 Å². The maximum absolute atomic E-state index is 11.5. The first-order valence-electron chi connectivity index (χ1n) is 6.78. The molecule has 0 radical (unpaired) electrons. The van der Waals surface area contributed by atoms with E-state index in [1.165, 1.54) is 0 Å². The summed E-state index contributed by atoms with van der Waals surface area (Å²) in [6.07, 6.45) is 2.68. The standard InChI is InChI=1S/C13H27N3O2/c1-5-10(16-11-6-9(14)7-11)8-15-12(17)18-13(2,3)4/h9-11,16H,5-8,14H2,1-4H3,(H,15,17). The fourth-order valence-electron chi connectivity index (χ4n) is 1.97. The number of nitrogens with one attached hydrogen (secondary N) is 2. The second-order valence-electron chi connectivity index (χ2n) is 6.08. The molecule has 0 aromatic rings. The molecule has 4 N–H and O–H groups in total. The van der Waals surface area contributed by atoms with Crippen molar-refractivity contribution in [3.05, 3.63) is 0 Å². The van der Waals surface area contributed by atoms with Crippen molar-refractivity contribution in [1.82, 2.24) is 10.6 Å². The number of nitrogens with two attached hydrogens (primary N) is 1. The van der Waals surface area contributed by atoms with Crippen molar-refractivity contribution < 1.29 is 9.53 Å². The van der Waals surface area contributed by atoms with Crippen LogP contribution in [0.4, 0.5) is 4.79 Å². The lowest BCUT2D eigenvalue weighted by molar-refractivity contribution is 0.0520. The fraction of sp³-hybridized carbons (Fsp3) is 0.923. The molecule has 1 fully saturated rings. The van der Waals surface area contributed by atoms with Crippen molar-refractivity contribution in [3.8, 4) is 0 Å². The summed E-state index contributed by atoms with van der Waals surface area (Å²) in [5, 5.41) is 6.30. The van der Waals surface area contributed by atoms with E-state index in [-0.39, 0.29) is 12.1 Å². The number of hydrogen-bond acceptors (Lipinski definition) is 4. The van der Waals surface area contributed by atoms with Gasteiger partial charge in [0.2, 0.25) is 0 Å². The number of amides is 1. The summed E-state index contributed by atoms with van der Waals surface area (Å²) in [5.41, 5.74) is 5.30. The summed E-state index contributed by atoms with van der Waals surface area (Å²) >= 11 is 0. The SMILES string of the molecule is CCC(CNC(=O)OC(C)(C)C)NC1CC(N)C1. The average Bonchev–Trinajstić information content (AvgIpc) is 2.18. The van der Waals surface area contributed by atoms with E-state index >= 15 is 0 Å². The normalized spacial score (nSPS) is 25.2. The van der Waals surface area contributed by atoms with Crippen LogP contribution in [0.3, 0.4) is 0 Å². The highest BCUT2D eigenvalue weighted by Gasteiger charge is 2.27. The lowest BCUT2D eigenvalue weighted by atomic mass is 9.87. The van der Waals surface area contributed by atoms with Crippen LogP contribution in [0.25, 0.3) is 0 Å². The van der Waals surface area contributed by atoms with E-state index in [1.54, 1.807) is 0 Å². The summed E-state index contributed by atoms with van der Waals surface area (Å²) in [4.78, 5) is 11.5. The zero-order chi connectivity index (χ0) is 13.8. The first-order valence-corrected chi connectivity index (χ1v) is 6.78. The van der Waals surface area contributed by atoms with Gasteiger partial charge >= 0.3 is 6.09 Å². The molecular weight excluding hydrogens is 230 g/mol. The Morgan fingerprint density at radius 3 is 2.50 bits per heavy atom. The van der Waals surface area contributed by atoms with Crippen LogP contribution in [0.5, 0.6) is 0 Å². The molecule has 0 aliphatic heterocycles. The van der Waals surface area contributed by atoms with Gasteiger partial charge in [-0.3, -0.25) is 0 Å². The molecule has 106 valence electrons. The molecule has 18 heavy (non-hydrogen) atoms. The molecule has 1 aliphatic rings. The number of ether oxygens (including phenoxy) is 1. The molecule has 0 heterocycles. The molecule has 0 spiro atoms. The van der Waals surface area contributed by atoms with Crippen LogP contribution in [0.2, 0.25) is 0 Å². The first-order chi connectivity index (χ1) is 8.30. The molecule has 1 rings (SSSR count). The van der Waals surface area contributed by atoms with Gasteiger partial charge in [-0.25, -0.2) is 4.79 Å². The number of hydrogen-bond donors (Lipinski definition) is 3. The lowest BCUT2D eigenvalue weighted by Crippen LogP contribution is -2.54. The van der Waals surface area contributed by atoms with Crippen molar-refractivity contribution >= 4 is 6.09 Å². The van der Waals surface area contributed by atoms with Gasteiger partial charge in [-0.2, -0.15) is 0 Å². The Bertz CT molecular complexity index is 270. The molecule has 1 aliphatic carbocycles. The average molecular weight is 257 g/mol. The van der Waals surface area contributed by atoms with Gasteiger partial charge in [0, 0.05) is 24.7 Å². The highest BCUT2D eigenvalue weighted by Crippen LogP contribution is 2.18. The van der Waals surface area contributed by atoms with Gasteiger partial charge in [-0.1, -0.05) is 6.92 Å². The lowest BCUT2D eigenvalue weighted by Gasteiger charge is -2.36. The zero-order valence-electron chi connectivity index (χ0n) is 12.0. The van der Waals surface area contributed by atoms with E-state index in [0.29, 0.717) is 18.6 Å². The second-order valence-corrected chi connectivity index (χ2v) is 6.08. The Morgan fingerprint density at radius 1 is 1.44 bits per heavy atom. The van der Waals surface area contributed by atoms with E-state index in [4.69, 9.17) is 10.5 Å². The third-order valence-corrected chi connectivity index (χ3v) is 3.03. The third kappa shape index (κ3) is 5.69. The quantitative estimate of drug-likeness (QED) is 0.695. The predicted molar refractivity (Wildman–Crippen MR) is 72.4 cm³/mol. The van der Waals surface area contributed by atoms with Crippen molar-refractivity contribution in [2.75, 3.05) is 6.54 Å². The molecule has 5 heteroatoms. The van der Waals surface area contributed by atoms with Crippen molar-refractivity contribution in [2.24, 2.45) is 5.73 Å². The minimum atomic E-state index is -0.444. The van der Waals surface area contributed by atoms with Gasteiger partial charge < -0.3 is 21.1 Å². The molecule has 1 unspecified atom stereocenters. The summed E-state index contributed by atoms with van der Waals surface area (Å²) in [5.74, 6) is 0. The third-order valence-electron chi connectivity index (χ3n) is 3.03. The van der Waals surface area contributed by atoms with Crippen molar-refractivity contribution in [1.29, 1.82) is 0 Å². The van der Waals surface area contributed by atoms with Crippen molar-refractivity contribution in [3.63, 3.8) is 0 Å². The number of rotatable bonds is 5. The second kappa shape index (κ2) is 6.38. The molecule has 0 bridgehead atoms. The highest BCUT2D eigenvalue weighted by atomic mass is 16.6. The van der Waals surface area contributed by atoms with Gasteiger partial charge in [0.25, 0.3) is 0 Å². The minimum Gasteiger partial charge on any atom is -0.444 e. The van der Waals surface area contributed by atoms with E-state index in [2.05, 4.69) is 17.6 Å². The molecular formula is C13H27N3O2. The van der Waals surface area contributed by atoms with Crippen LogP contribution in [0.15, 0.2) is 0 Å². The van der Waals surface area contributed by atoms with Crippen LogP contribution < -0.4 is 16.4 Å². The smallest absolute Gasteiger partial charge is 0.407 e. The number of carbonyl (C=O) groups is 1.